The van der Waals surface area contributed by atoms with Crippen LogP contribution in [0.5, 0.6) is 0 Å². The van der Waals surface area contributed by atoms with Gasteiger partial charge in [-0.2, -0.15) is 0 Å². The molecule has 0 amide bonds. The maximum atomic E-state index is 2.80. The van der Waals surface area contributed by atoms with E-state index in [4.69, 9.17) is 0 Å². The molecule has 0 spiro atoms. The van der Waals surface area contributed by atoms with Crippen molar-refractivity contribution in [3.8, 4) is 0 Å². The molecule has 2 heteroatoms. The number of hydrogen-bond donors (Lipinski definition) is 0. The molecule has 1 aliphatic heterocycles. The summed E-state index contributed by atoms with van der Waals surface area (Å²) < 4.78 is 0. The molecule has 33 heavy (non-hydrogen) atoms. The molecule has 1 aliphatic carbocycles. The summed E-state index contributed by atoms with van der Waals surface area (Å²) in [5.41, 5.74) is 2.93. The molecular formula is C31H46N2. The molecule has 1 saturated heterocycles. The van der Waals surface area contributed by atoms with Crippen molar-refractivity contribution in [1.82, 2.24) is 9.80 Å². The molecule has 2 aromatic rings. The van der Waals surface area contributed by atoms with Crippen LogP contribution in [0.1, 0.15) is 75.8 Å². The molecule has 180 valence electrons. The molecule has 0 radical (unpaired) electrons. The number of rotatable bonds is 5. The summed E-state index contributed by atoms with van der Waals surface area (Å²) in [5, 5.41) is 0. The largest absolute Gasteiger partial charge is 0.299 e. The van der Waals surface area contributed by atoms with Gasteiger partial charge in [-0.15, -0.1) is 0 Å². The van der Waals surface area contributed by atoms with Gasteiger partial charge in [-0.05, 0) is 48.4 Å². The van der Waals surface area contributed by atoms with Crippen LogP contribution in [0, 0.1) is 17.8 Å². The molecule has 2 nitrogen and oxygen atoms in total. The minimum Gasteiger partial charge on any atom is -0.299 e. The van der Waals surface area contributed by atoms with Crippen molar-refractivity contribution < 1.29 is 0 Å². The molecule has 1 saturated carbocycles. The molecule has 2 aliphatic rings. The normalized spacial score (nSPS) is 25.2. The van der Waals surface area contributed by atoms with E-state index in [1.54, 1.807) is 0 Å². The highest BCUT2D eigenvalue weighted by molar-refractivity contribution is 5.15. The first-order chi connectivity index (χ1) is 16.3. The van der Waals surface area contributed by atoms with Crippen molar-refractivity contribution in [2.75, 3.05) is 26.2 Å². The van der Waals surface area contributed by atoms with Crippen LogP contribution >= 0.6 is 0 Å². The van der Waals surface area contributed by atoms with Crippen LogP contribution in [0.25, 0.3) is 0 Å². The standard InChI is InChI=1S/C31H46N2/c1-27-23-32(24-28-15-8-6-9-16-28)21-14-22-33(25-29-17-10-7-11-18-29)26-31(27)30-19-12-4-2-3-5-13-20-30/h6-11,15-18,27,30-31H,2-5,12-14,19-26H2,1H3. The first-order valence-electron chi connectivity index (χ1n) is 13.8. The fourth-order valence-electron chi connectivity index (χ4n) is 6.40. The van der Waals surface area contributed by atoms with E-state index in [2.05, 4.69) is 77.4 Å². The van der Waals surface area contributed by atoms with Gasteiger partial charge in [-0.3, -0.25) is 9.80 Å². The Morgan fingerprint density at radius 2 is 1.09 bits per heavy atom. The maximum absolute atomic E-state index is 2.80. The van der Waals surface area contributed by atoms with Crippen molar-refractivity contribution in [3.05, 3.63) is 71.8 Å². The van der Waals surface area contributed by atoms with Crippen LogP contribution in [0.4, 0.5) is 0 Å². The van der Waals surface area contributed by atoms with E-state index in [1.807, 2.05) is 0 Å². The minimum atomic E-state index is 0.746. The third-order valence-electron chi connectivity index (χ3n) is 8.20. The Bertz CT molecular complexity index is 764. The first kappa shape index (κ1) is 24.5. The fraction of sp³-hybridized carbons (Fsp3) is 0.613. The molecule has 1 heterocycles. The Labute approximate surface area is 203 Å². The Kier molecular flexibility index (Phi) is 9.87. The highest BCUT2D eigenvalue weighted by Crippen LogP contribution is 2.34. The summed E-state index contributed by atoms with van der Waals surface area (Å²) in [7, 11) is 0. The number of benzene rings is 2. The molecule has 0 aromatic heterocycles. The SMILES string of the molecule is CC1CN(Cc2ccccc2)CCCN(Cc2ccccc2)CC1C1CCCCCCCC1. The molecule has 0 bridgehead atoms. The molecule has 2 aromatic carbocycles. The molecule has 0 N–H and O–H groups in total. The van der Waals surface area contributed by atoms with Crippen molar-refractivity contribution in [2.24, 2.45) is 17.8 Å². The zero-order chi connectivity index (χ0) is 22.7. The van der Waals surface area contributed by atoms with Gasteiger partial charge in [0.05, 0.1) is 0 Å². The molecular weight excluding hydrogens is 400 g/mol. The predicted molar refractivity (Wildman–Crippen MR) is 141 cm³/mol. The Morgan fingerprint density at radius 3 is 1.64 bits per heavy atom. The van der Waals surface area contributed by atoms with Gasteiger partial charge in [0.15, 0.2) is 0 Å². The van der Waals surface area contributed by atoms with E-state index in [9.17, 15) is 0 Å². The summed E-state index contributed by atoms with van der Waals surface area (Å²) in [6.45, 7) is 9.73. The van der Waals surface area contributed by atoms with Gasteiger partial charge in [-0.1, -0.05) is 119 Å². The maximum Gasteiger partial charge on any atom is 0.0233 e. The lowest BCUT2D eigenvalue weighted by molar-refractivity contribution is 0.118. The lowest BCUT2D eigenvalue weighted by Crippen LogP contribution is -2.38. The highest BCUT2D eigenvalue weighted by Gasteiger charge is 2.31. The zero-order valence-electron chi connectivity index (χ0n) is 21.0. The summed E-state index contributed by atoms with van der Waals surface area (Å²) in [4.78, 5) is 5.56. The second-order valence-corrected chi connectivity index (χ2v) is 10.9. The number of nitrogens with zero attached hydrogens (tertiary/aromatic N) is 2. The quantitative estimate of drug-likeness (QED) is 0.472. The van der Waals surface area contributed by atoms with Crippen LogP contribution in [0.3, 0.4) is 0 Å². The van der Waals surface area contributed by atoms with Gasteiger partial charge in [0.1, 0.15) is 0 Å². The van der Waals surface area contributed by atoms with Gasteiger partial charge in [-0.25, -0.2) is 0 Å². The van der Waals surface area contributed by atoms with Gasteiger partial charge < -0.3 is 0 Å². The van der Waals surface area contributed by atoms with Crippen molar-refractivity contribution in [1.29, 1.82) is 0 Å². The summed E-state index contributed by atoms with van der Waals surface area (Å²) in [5.74, 6) is 2.45. The topological polar surface area (TPSA) is 6.48 Å². The van der Waals surface area contributed by atoms with Gasteiger partial charge >= 0.3 is 0 Å². The minimum absolute atomic E-state index is 0.746. The fourth-order valence-corrected chi connectivity index (χ4v) is 6.40. The predicted octanol–water partition coefficient (Wildman–Crippen LogP) is 7.40. The molecule has 2 unspecified atom stereocenters. The van der Waals surface area contributed by atoms with Crippen molar-refractivity contribution in [2.45, 2.75) is 77.8 Å². The number of hydrogen-bond acceptors (Lipinski definition) is 2. The van der Waals surface area contributed by atoms with Gasteiger partial charge in [0.25, 0.3) is 0 Å². The molecule has 2 atom stereocenters. The lowest BCUT2D eigenvalue weighted by Gasteiger charge is -2.37. The third-order valence-corrected chi connectivity index (χ3v) is 8.20. The van der Waals surface area contributed by atoms with Crippen LogP contribution in [-0.4, -0.2) is 36.0 Å². The Morgan fingerprint density at radius 1 is 0.606 bits per heavy atom. The van der Waals surface area contributed by atoms with E-state index in [1.165, 1.54) is 95.1 Å². The zero-order valence-corrected chi connectivity index (χ0v) is 21.0. The highest BCUT2D eigenvalue weighted by atomic mass is 15.2. The van der Waals surface area contributed by atoms with Crippen LogP contribution in [0.15, 0.2) is 60.7 Å². The summed E-state index contributed by atoms with van der Waals surface area (Å²) in [6, 6.07) is 22.3. The second kappa shape index (κ2) is 13.3. The van der Waals surface area contributed by atoms with Gasteiger partial charge in [0, 0.05) is 26.2 Å². The van der Waals surface area contributed by atoms with E-state index in [0.717, 1.165) is 30.8 Å². The van der Waals surface area contributed by atoms with E-state index in [0.29, 0.717) is 0 Å². The van der Waals surface area contributed by atoms with E-state index < -0.39 is 0 Å². The smallest absolute Gasteiger partial charge is 0.0233 e. The van der Waals surface area contributed by atoms with Crippen LogP contribution in [0.2, 0.25) is 0 Å². The van der Waals surface area contributed by atoms with Crippen LogP contribution < -0.4 is 0 Å². The van der Waals surface area contributed by atoms with Crippen molar-refractivity contribution >= 4 is 0 Å². The lowest BCUT2D eigenvalue weighted by atomic mass is 9.76. The van der Waals surface area contributed by atoms with Crippen LogP contribution in [-0.2, 0) is 13.1 Å². The Hall–Kier alpha value is -1.64. The monoisotopic (exact) mass is 446 g/mol. The van der Waals surface area contributed by atoms with E-state index >= 15 is 0 Å². The van der Waals surface area contributed by atoms with Crippen molar-refractivity contribution in [3.63, 3.8) is 0 Å². The third kappa shape index (κ3) is 7.97. The first-order valence-corrected chi connectivity index (χ1v) is 13.8. The van der Waals surface area contributed by atoms with E-state index in [-0.39, 0.29) is 0 Å². The Balaban J connectivity index is 1.51. The molecule has 2 fully saturated rings. The summed E-state index contributed by atoms with van der Waals surface area (Å²) >= 11 is 0. The molecule has 4 rings (SSSR count). The van der Waals surface area contributed by atoms with Gasteiger partial charge in [0.2, 0.25) is 0 Å². The summed E-state index contributed by atoms with van der Waals surface area (Å²) in [6.07, 6.45) is 12.9. The second-order valence-electron chi connectivity index (χ2n) is 10.9. The average Bonchev–Trinajstić information content (AvgIpc) is 3.01. The average molecular weight is 447 g/mol.